The van der Waals surface area contributed by atoms with E-state index >= 15 is 0 Å². The van der Waals surface area contributed by atoms with Crippen LogP contribution in [-0.4, -0.2) is 40.1 Å². The van der Waals surface area contributed by atoms with E-state index in [9.17, 15) is 8.42 Å². The zero-order valence-electron chi connectivity index (χ0n) is 12.6. The fraction of sp³-hybridized carbons (Fsp3) is 0.600. The summed E-state index contributed by atoms with van der Waals surface area (Å²) in [5.74, 6) is 1.07. The van der Waals surface area contributed by atoms with E-state index in [1.807, 2.05) is 24.3 Å². The molecule has 1 atom stereocenters. The van der Waals surface area contributed by atoms with Crippen LogP contribution < -0.4 is 10.1 Å². The molecule has 1 N–H and O–H groups in total. The van der Waals surface area contributed by atoms with Crippen molar-refractivity contribution in [3.05, 3.63) is 29.8 Å². The molecule has 0 spiro atoms. The van der Waals surface area contributed by atoms with E-state index in [-0.39, 0.29) is 11.8 Å². The monoisotopic (exact) mass is 299 g/mol. The normalized spacial score (nSPS) is 13.2. The highest BCUT2D eigenvalue weighted by atomic mass is 32.2. The Morgan fingerprint density at radius 3 is 2.60 bits per heavy atom. The van der Waals surface area contributed by atoms with Gasteiger partial charge in [-0.3, -0.25) is 0 Å². The number of ether oxygens (including phenoxy) is 1. The second-order valence-corrected chi connectivity index (χ2v) is 7.35. The first-order chi connectivity index (χ1) is 9.46. The van der Waals surface area contributed by atoms with Crippen molar-refractivity contribution >= 4 is 9.84 Å². The summed E-state index contributed by atoms with van der Waals surface area (Å²) in [5, 5.41) is 3.42. The highest BCUT2D eigenvalue weighted by molar-refractivity contribution is 7.90. The molecule has 0 aliphatic heterocycles. The van der Waals surface area contributed by atoms with Crippen molar-refractivity contribution in [1.29, 1.82) is 0 Å². The molecule has 0 amide bonds. The fourth-order valence-electron chi connectivity index (χ4n) is 2.12. The van der Waals surface area contributed by atoms with E-state index in [0.29, 0.717) is 6.42 Å². The molecule has 0 aromatic heterocycles. The Kier molecular flexibility index (Phi) is 7.02. The third-order valence-corrected chi connectivity index (χ3v) is 4.16. The van der Waals surface area contributed by atoms with E-state index < -0.39 is 9.84 Å². The van der Waals surface area contributed by atoms with Crippen LogP contribution in [0.15, 0.2) is 24.3 Å². The SMILES string of the molecule is CCCNC(CCS(C)(=O)=O)Cc1ccccc1OC. The van der Waals surface area contributed by atoms with Crippen LogP contribution in [-0.2, 0) is 16.3 Å². The maximum absolute atomic E-state index is 11.3. The fourth-order valence-corrected chi connectivity index (χ4v) is 2.83. The van der Waals surface area contributed by atoms with Crippen LogP contribution in [0.1, 0.15) is 25.3 Å². The third kappa shape index (κ3) is 6.39. The topological polar surface area (TPSA) is 55.4 Å². The number of benzene rings is 1. The van der Waals surface area contributed by atoms with Crippen LogP contribution in [0.2, 0.25) is 0 Å². The second kappa shape index (κ2) is 8.27. The average molecular weight is 299 g/mol. The quantitative estimate of drug-likeness (QED) is 0.758. The van der Waals surface area contributed by atoms with Crippen molar-refractivity contribution in [1.82, 2.24) is 5.32 Å². The van der Waals surface area contributed by atoms with Crippen LogP contribution in [0.3, 0.4) is 0 Å². The van der Waals surface area contributed by atoms with Crippen molar-refractivity contribution in [3.63, 3.8) is 0 Å². The number of hydrogen-bond acceptors (Lipinski definition) is 4. The summed E-state index contributed by atoms with van der Waals surface area (Å²) in [5.41, 5.74) is 1.11. The molecule has 0 radical (unpaired) electrons. The van der Waals surface area contributed by atoms with Gasteiger partial charge in [-0.15, -0.1) is 0 Å². The smallest absolute Gasteiger partial charge is 0.147 e. The minimum absolute atomic E-state index is 0.154. The van der Waals surface area contributed by atoms with Gasteiger partial charge in [0.1, 0.15) is 15.6 Å². The van der Waals surface area contributed by atoms with Gasteiger partial charge in [-0.1, -0.05) is 25.1 Å². The van der Waals surface area contributed by atoms with Crippen LogP contribution >= 0.6 is 0 Å². The minimum Gasteiger partial charge on any atom is -0.496 e. The molecule has 1 aromatic carbocycles. The van der Waals surface area contributed by atoms with Crippen molar-refractivity contribution in [3.8, 4) is 5.75 Å². The zero-order chi connectivity index (χ0) is 15.0. The standard InChI is InChI=1S/C15H25NO3S/c1-4-10-16-14(9-11-20(3,17)18)12-13-7-5-6-8-15(13)19-2/h5-8,14,16H,4,9-12H2,1-3H3. The summed E-state index contributed by atoms with van der Waals surface area (Å²) in [6, 6.07) is 8.03. The molecule has 4 nitrogen and oxygen atoms in total. The van der Waals surface area contributed by atoms with Gasteiger partial charge in [0.05, 0.1) is 12.9 Å². The van der Waals surface area contributed by atoms with Crippen LogP contribution in [0.5, 0.6) is 5.75 Å². The Hall–Kier alpha value is -1.07. The highest BCUT2D eigenvalue weighted by Gasteiger charge is 2.14. The number of methoxy groups -OCH3 is 1. The molecule has 0 fully saturated rings. The predicted molar refractivity (Wildman–Crippen MR) is 83.1 cm³/mol. The molecule has 1 unspecified atom stereocenters. The first-order valence-corrected chi connectivity index (χ1v) is 9.05. The second-order valence-electron chi connectivity index (χ2n) is 5.09. The molecule has 0 heterocycles. The van der Waals surface area contributed by atoms with E-state index in [4.69, 9.17) is 4.74 Å². The Morgan fingerprint density at radius 2 is 2.00 bits per heavy atom. The number of rotatable bonds is 9. The Labute approximate surface area is 122 Å². The average Bonchev–Trinajstić information content (AvgIpc) is 2.41. The number of para-hydroxylation sites is 1. The summed E-state index contributed by atoms with van der Waals surface area (Å²) in [4.78, 5) is 0. The van der Waals surface area contributed by atoms with Crippen LogP contribution in [0.4, 0.5) is 0 Å². The van der Waals surface area contributed by atoms with Crippen LogP contribution in [0.25, 0.3) is 0 Å². The molecule has 0 saturated carbocycles. The lowest BCUT2D eigenvalue weighted by molar-refractivity contribution is 0.403. The van der Waals surface area contributed by atoms with Gasteiger partial charge in [-0.2, -0.15) is 0 Å². The van der Waals surface area contributed by atoms with Gasteiger partial charge in [-0.05, 0) is 37.4 Å². The summed E-state index contributed by atoms with van der Waals surface area (Å²) in [6.45, 7) is 2.99. The molecule has 0 aliphatic rings. The van der Waals surface area contributed by atoms with Crippen molar-refractivity contribution in [2.45, 2.75) is 32.2 Å². The van der Waals surface area contributed by atoms with Gasteiger partial charge in [0.25, 0.3) is 0 Å². The van der Waals surface area contributed by atoms with E-state index in [2.05, 4.69) is 12.2 Å². The lowest BCUT2D eigenvalue weighted by Gasteiger charge is -2.19. The molecule has 0 saturated heterocycles. The largest absolute Gasteiger partial charge is 0.496 e. The molecule has 1 rings (SSSR count). The van der Waals surface area contributed by atoms with Gasteiger partial charge in [0, 0.05) is 12.3 Å². The van der Waals surface area contributed by atoms with E-state index in [0.717, 1.165) is 30.7 Å². The van der Waals surface area contributed by atoms with Crippen LogP contribution in [0, 0.1) is 0 Å². The molecule has 0 bridgehead atoms. The minimum atomic E-state index is -2.92. The van der Waals surface area contributed by atoms with Gasteiger partial charge >= 0.3 is 0 Å². The molecular weight excluding hydrogens is 274 g/mol. The van der Waals surface area contributed by atoms with Gasteiger partial charge in [0.15, 0.2) is 0 Å². The number of sulfone groups is 1. The molecule has 0 aliphatic carbocycles. The first kappa shape index (κ1) is 17.0. The number of nitrogens with one attached hydrogen (secondary N) is 1. The van der Waals surface area contributed by atoms with Crippen molar-refractivity contribution in [2.24, 2.45) is 0 Å². The lowest BCUT2D eigenvalue weighted by Crippen LogP contribution is -2.33. The summed E-state index contributed by atoms with van der Waals surface area (Å²) in [7, 11) is -1.27. The molecular formula is C15H25NO3S. The third-order valence-electron chi connectivity index (χ3n) is 3.18. The lowest BCUT2D eigenvalue weighted by atomic mass is 10.0. The van der Waals surface area contributed by atoms with Gasteiger partial charge < -0.3 is 10.1 Å². The Balaban J connectivity index is 2.72. The first-order valence-electron chi connectivity index (χ1n) is 6.99. The maximum atomic E-state index is 11.3. The summed E-state index contributed by atoms with van der Waals surface area (Å²) >= 11 is 0. The zero-order valence-corrected chi connectivity index (χ0v) is 13.4. The maximum Gasteiger partial charge on any atom is 0.147 e. The van der Waals surface area contributed by atoms with Crippen molar-refractivity contribution in [2.75, 3.05) is 25.7 Å². The molecule has 5 heteroatoms. The molecule has 114 valence electrons. The Bertz CT molecular complexity index is 500. The van der Waals surface area contributed by atoms with E-state index in [1.54, 1.807) is 7.11 Å². The summed E-state index contributed by atoms with van der Waals surface area (Å²) < 4.78 is 28.0. The number of hydrogen-bond donors (Lipinski definition) is 1. The van der Waals surface area contributed by atoms with Gasteiger partial charge in [-0.25, -0.2) is 8.42 Å². The molecule has 1 aromatic rings. The van der Waals surface area contributed by atoms with E-state index in [1.165, 1.54) is 6.26 Å². The van der Waals surface area contributed by atoms with Gasteiger partial charge in [0.2, 0.25) is 0 Å². The predicted octanol–water partition coefficient (Wildman–Crippen LogP) is 2.04. The highest BCUT2D eigenvalue weighted by Crippen LogP contribution is 2.19. The summed E-state index contributed by atoms with van der Waals surface area (Å²) in [6.07, 6.45) is 3.71. The Morgan fingerprint density at radius 1 is 1.30 bits per heavy atom. The molecule has 20 heavy (non-hydrogen) atoms. The van der Waals surface area contributed by atoms with Crippen molar-refractivity contribution < 1.29 is 13.2 Å².